The van der Waals surface area contributed by atoms with Crippen LogP contribution in [0, 0.1) is 5.92 Å². The van der Waals surface area contributed by atoms with E-state index in [1.165, 1.54) is 0 Å². The van der Waals surface area contributed by atoms with Gasteiger partial charge in [-0.15, -0.1) is 0 Å². The summed E-state index contributed by atoms with van der Waals surface area (Å²) in [6.45, 7) is 13.6. The summed E-state index contributed by atoms with van der Waals surface area (Å²) in [6, 6.07) is 0.665. The molecule has 2 atom stereocenters. The highest BCUT2D eigenvalue weighted by Crippen LogP contribution is 2.19. The average Bonchev–Trinajstić information content (AvgIpc) is 2.24. The average molecular weight is 258 g/mol. The minimum absolute atomic E-state index is 0.237. The standard InChI is InChI=1S/C14H30N2O2/c1-10(2)9-16(11(3)4)12(5)8-14(6,15-7)13(17)18/h10-12,15H,8-9H2,1-7H3,(H,17,18). The molecule has 108 valence electrons. The van der Waals surface area contributed by atoms with Gasteiger partial charge < -0.3 is 10.4 Å². The number of nitrogens with one attached hydrogen (secondary N) is 1. The van der Waals surface area contributed by atoms with Crippen molar-refractivity contribution in [1.82, 2.24) is 10.2 Å². The van der Waals surface area contributed by atoms with Crippen molar-refractivity contribution in [2.24, 2.45) is 5.92 Å². The summed E-state index contributed by atoms with van der Waals surface area (Å²) in [5.74, 6) is -0.203. The Bertz CT molecular complexity index is 267. The predicted octanol–water partition coefficient (Wildman–Crippen LogP) is 2.19. The van der Waals surface area contributed by atoms with Gasteiger partial charge in [-0.1, -0.05) is 13.8 Å². The Morgan fingerprint density at radius 2 is 1.78 bits per heavy atom. The van der Waals surface area contributed by atoms with Crippen LogP contribution >= 0.6 is 0 Å². The number of rotatable bonds is 8. The van der Waals surface area contributed by atoms with Gasteiger partial charge in [0.15, 0.2) is 0 Å². The van der Waals surface area contributed by atoms with E-state index in [9.17, 15) is 9.90 Å². The molecule has 0 aliphatic carbocycles. The van der Waals surface area contributed by atoms with Crippen molar-refractivity contribution in [2.75, 3.05) is 13.6 Å². The summed E-state index contributed by atoms with van der Waals surface area (Å²) in [6.07, 6.45) is 0.601. The minimum Gasteiger partial charge on any atom is -0.480 e. The Hall–Kier alpha value is -0.610. The summed E-state index contributed by atoms with van der Waals surface area (Å²) in [5.41, 5.74) is -0.858. The first-order valence-corrected chi connectivity index (χ1v) is 6.82. The highest BCUT2D eigenvalue weighted by atomic mass is 16.4. The summed E-state index contributed by atoms with van der Waals surface area (Å²) >= 11 is 0. The Labute approximate surface area is 112 Å². The number of hydrogen-bond acceptors (Lipinski definition) is 3. The van der Waals surface area contributed by atoms with Crippen LogP contribution in [0.1, 0.15) is 48.0 Å². The van der Waals surface area contributed by atoms with E-state index in [-0.39, 0.29) is 6.04 Å². The maximum Gasteiger partial charge on any atom is 0.323 e. The molecule has 2 unspecified atom stereocenters. The molecule has 2 N–H and O–H groups in total. The Kier molecular flexibility index (Phi) is 6.86. The van der Waals surface area contributed by atoms with Gasteiger partial charge in [-0.2, -0.15) is 0 Å². The van der Waals surface area contributed by atoms with Gasteiger partial charge in [-0.25, -0.2) is 0 Å². The normalized spacial score (nSPS) is 17.2. The van der Waals surface area contributed by atoms with Crippen LogP contribution in [0.25, 0.3) is 0 Å². The van der Waals surface area contributed by atoms with Crippen molar-refractivity contribution in [1.29, 1.82) is 0 Å². The minimum atomic E-state index is -0.858. The van der Waals surface area contributed by atoms with Crippen LogP contribution in [0.15, 0.2) is 0 Å². The highest BCUT2D eigenvalue weighted by molar-refractivity contribution is 5.78. The van der Waals surface area contributed by atoms with Gasteiger partial charge in [-0.05, 0) is 47.1 Å². The second-order valence-electron chi connectivity index (χ2n) is 6.12. The summed E-state index contributed by atoms with van der Waals surface area (Å²) < 4.78 is 0. The summed E-state index contributed by atoms with van der Waals surface area (Å²) in [4.78, 5) is 13.7. The van der Waals surface area contributed by atoms with Crippen LogP contribution in [-0.2, 0) is 4.79 Å². The molecule has 0 amide bonds. The summed E-state index contributed by atoms with van der Waals surface area (Å²) in [5, 5.41) is 12.2. The molecule has 0 aromatic rings. The van der Waals surface area contributed by atoms with E-state index in [2.05, 4.69) is 44.8 Å². The quantitative estimate of drug-likeness (QED) is 0.701. The SMILES string of the molecule is CNC(C)(CC(C)N(CC(C)C)C(C)C)C(=O)O. The molecule has 0 aromatic carbocycles. The molecule has 4 heteroatoms. The van der Waals surface area contributed by atoms with E-state index >= 15 is 0 Å². The number of carboxylic acids is 1. The molecule has 18 heavy (non-hydrogen) atoms. The van der Waals surface area contributed by atoms with Crippen LogP contribution in [0.4, 0.5) is 0 Å². The lowest BCUT2D eigenvalue weighted by Gasteiger charge is -2.38. The third kappa shape index (κ3) is 4.94. The van der Waals surface area contributed by atoms with E-state index in [1.807, 2.05) is 0 Å². The monoisotopic (exact) mass is 258 g/mol. The van der Waals surface area contributed by atoms with Crippen LogP contribution in [-0.4, -0.2) is 47.2 Å². The smallest absolute Gasteiger partial charge is 0.323 e. The molecule has 0 heterocycles. The number of hydrogen-bond donors (Lipinski definition) is 2. The third-order valence-electron chi connectivity index (χ3n) is 3.53. The molecule has 4 nitrogen and oxygen atoms in total. The third-order valence-corrected chi connectivity index (χ3v) is 3.53. The lowest BCUT2D eigenvalue weighted by Crippen LogP contribution is -2.53. The zero-order chi connectivity index (χ0) is 14.5. The van der Waals surface area contributed by atoms with E-state index in [4.69, 9.17) is 0 Å². The number of aliphatic carboxylic acids is 1. The molecule has 0 aliphatic rings. The fourth-order valence-corrected chi connectivity index (χ4v) is 2.33. The van der Waals surface area contributed by atoms with Gasteiger partial charge in [-0.3, -0.25) is 9.69 Å². The van der Waals surface area contributed by atoms with Gasteiger partial charge in [0, 0.05) is 18.6 Å². The molecule has 0 spiro atoms. The molecule has 0 aliphatic heterocycles. The number of nitrogens with zero attached hydrogens (tertiary/aromatic N) is 1. The first kappa shape index (κ1) is 17.4. The lowest BCUT2D eigenvalue weighted by molar-refractivity contribution is -0.144. The molecule has 0 fully saturated rings. The zero-order valence-electron chi connectivity index (χ0n) is 12.9. The van der Waals surface area contributed by atoms with Gasteiger partial charge in [0.1, 0.15) is 5.54 Å². The first-order valence-electron chi connectivity index (χ1n) is 6.82. The van der Waals surface area contributed by atoms with Gasteiger partial charge in [0.25, 0.3) is 0 Å². The Balaban J connectivity index is 4.78. The largest absolute Gasteiger partial charge is 0.480 e. The van der Waals surface area contributed by atoms with Crippen molar-refractivity contribution < 1.29 is 9.90 Å². The molecule has 0 saturated carbocycles. The second-order valence-corrected chi connectivity index (χ2v) is 6.12. The van der Waals surface area contributed by atoms with Crippen molar-refractivity contribution in [2.45, 2.75) is 65.6 Å². The van der Waals surface area contributed by atoms with Gasteiger partial charge >= 0.3 is 5.97 Å². The molecule has 0 bridgehead atoms. The fraction of sp³-hybridized carbons (Fsp3) is 0.929. The van der Waals surface area contributed by atoms with E-state index < -0.39 is 11.5 Å². The van der Waals surface area contributed by atoms with Crippen LogP contribution in [0.2, 0.25) is 0 Å². The first-order chi connectivity index (χ1) is 8.14. The predicted molar refractivity (Wildman–Crippen MR) is 75.9 cm³/mol. The lowest BCUT2D eigenvalue weighted by atomic mass is 9.92. The molecule has 0 saturated heterocycles. The van der Waals surface area contributed by atoms with Crippen LogP contribution in [0.5, 0.6) is 0 Å². The second kappa shape index (κ2) is 7.10. The zero-order valence-corrected chi connectivity index (χ0v) is 12.9. The van der Waals surface area contributed by atoms with Crippen molar-refractivity contribution >= 4 is 5.97 Å². The number of likely N-dealkylation sites (N-methyl/N-ethyl adjacent to an activating group) is 1. The number of carbonyl (C=O) groups is 1. The van der Waals surface area contributed by atoms with Crippen LogP contribution in [0.3, 0.4) is 0 Å². The topological polar surface area (TPSA) is 52.6 Å². The molecule has 0 rings (SSSR count). The van der Waals surface area contributed by atoms with Crippen molar-refractivity contribution in [3.8, 4) is 0 Å². The highest BCUT2D eigenvalue weighted by Gasteiger charge is 2.35. The molecule has 0 radical (unpaired) electrons. The van der Waals surface area contributed by atoms with Gasteiger partial charge in [0.2, 0.25) is 0 Å². The molecular weight excluding hydrogens is 228 g/mol. The molecular formula is C14H30N2O2. The van der Waals surface area contributed by atoms with Crippen molar-refractivity contribution in [3.05, 3.63) is 0 Å². The maximum atomic E-state index is 11.3. The van der Waals surface area contributed by atoms with E-state index in [0.717, 1.165) is 6.54 Å². The maximum absolute atomic E-state index is 11.3. The fourth-order valence-electron chi connectivity index (χ4n) is 2.33. The van der Waals surface area contributed by atoms with E-state index in [0.29, 0.717) is 18.4 Å². The number of carboxylic acid groups (broad SMARTS) is 1. The van der Waals surface area contributed by atoms with E-state index in [1.54, 1.807) is 14.0 Å². The Morgan fingerprint density at radius 1 is 1.28 bits per heavy atom. The Morgan fingerprint density at radius 3 is 2.06 bits per heavy atom. The summed E-state index contributed by atoms with van der Waals surface area (Å²) in [7, 11) is 1.71. The van der Waals surface area contributed by atoms with Gasteiger partial charge in [0.05, 0.1) is 0 Å². The molecule has 0 aromatic heterocycles. The van der Waals surface area contributed by atoms with Crippen molar-refractivity contribution in [3.63, 3.8) is 0 Å². The van der Waals surface area contributed by atoms with Crippen LogP contribution < -0.4 is 5.32 Å².